The molecule has 0 aliphatic rings. The molecule has 0 spiro atoms. The fourth-order valence-corrected chi connectivity index (χ4v) is 2.11. The summed E-state index contributed by atoms with van der Waals surface area (Å²) >= 11 is 11.0. The number of rotatable bonds is 3. The van der Waals surface area contributed by atoms with Gasteiger partial charge in [-0.25, -0.2) is 4.79 Å². The minimum Gasteiger partial charge on any atom is -0.478 e. The van der Waals surface area contributed by atoms with Crippen LogP contribution in [0.5, 0.6) is 0 Å². The number of thiocarbonyl (C=S) groups is 1. The van der Waals surface area contributed by atoms with Crippen molar-refractivity contribution in [2.75, 3.05) is 5.32 Å². The Kier molecular flexibility index (Phi) is 5.08. The third kappa shape index (κ3) is 4.03. The summed E-state index contributed by atoms with van der Waals surface area (Å²) in [5.41, 5.74) is 1.04. The highest BCUT2D eigenvalue weighted by Gasteiger charge is 2.11. The molecule has 0 aliphatic heterocycles. The summed E-state index contributed by atoms with van der Waals surface area (Å²) in [7, 11) is 0. The van der Waals surface area contributed by atoms with Gasteiger partial charge in [-0.15, -0.1) is 0 Å². The van der Waals surface area contributed by atoms with E-state index >= 15 is 0 Å². The maximum Gasteiger partial charge on any atom is 0.335 e. The molecule has 0 atom stereocenters. The van der Waals surface area contributed by atoms with Gasteiger partial charge in [-0.2, -0.15) is 0 Å². The first-order chi connectivity index (χ1) is 10.5. The van der Waals surface area contributed by atoms with E-state index in [1.807, 2.05) is 0 Å². The number of carbonyl (C=O) groups excluding carboxylic acids is 1. The van der Waals surface area contributed by atoms with Gasteiger partial charge in [0, 0.05) is 5.69 Å². The van der Waals surface area contributed by atoms with E-state index in [0.717, 1.165) is 0 Å². The van der Waals surface area contributed by atoms with Crippen molar-refractivity contribution in [1.29, 1.82) is 0 Å². The molecule has 0 unspecified atom stereocenters. The highest BCUT2D eigenvalue weighted by atomic mass is 35.5. The van der Waals surface area contributed by atoms with E-state index in [1.165, 1.54) is 12.1 Å². The van der Waals surface area contributed by atoms with E-state index in [4.69, 9.17) is 28.9 Å². The van der Waals surface area contributed by atoms with E-state index in [-0.39, 0.29) is 10.7 Å². The molecule has 5 nitrogen and oxygen atoms in total. The maximum atomic E-state index is 12.0. The second-order valence-electron chi connectivity index (χ2n) is 4.27. The molecule has 0 bridgehead atoms. The van der Waals surface area contributed by atoms with Gasteiger partial charge in [-0.1, -0.05) is 23.7 Å². The number of benzene rings is 2. The van der Waals surface area contributed by atoms with Gasteiger partial charge in [0.05, 0.1) is 16.1 Å². The Hall–Kier alpha value is -2.44. The summed E-state index contributed by atoms with van der Waals surface area (Å²) in [6, 6.07) is 12.6. The Balaban J connectivity index is 1.99. The number of hydrogen-bond donors (Lipinski definition) is 3. The number of carboxylic acids is 1. The topological polar surface area (TPSA) is 78.4 Å². The van der Waals surface area contributed by atoms with Crippen LogP contribution in [0.25, 0.3) is 0 Å². The molecular formula is C15H11ClN2O3S. The van der Waals surface area contributed by atoms with Crippen molar-refractivity contribution in [3.63, 3.8) is 0 Å². The maximum absolute atomic E-state index is 12.0. The van der Waals surface area contributed by atoms with Gasteiger partial charge >= 0.3 is 5.97 Å². The fraction of sp³-hybridized carbons (Fsp3) is 0. The molecule has 112 valence electrons. The Labute approximate surface area is 136 Å². The quantitative estimate of drug-likeness (QED) is 0.751. The van der Waals surface area contributed by atoms with Gasteiger partial charge in [0.1, 0.15) is 0 Å². The standard InChI is InChI=1S/C15H11ClN2O3S/c16-12-4-2-1-3-11(12)13(19)18-15(22)17-10-7-5-9(6-8-10)14(20)21/h1-8H,(H,20,21)(H2,17,18,19,22). The van der Waals surface area contributed by atoms with Gasteiger partial charge in [-0.3, -0.25) is 10.1 Å². The third-order valence-corrected chi connectivity index (χ3v) is 3.27. The Bertz CT molecular complexity index is 732. The van der Waals surface area contributed by atoms with Crippen molar-refractivity contribution in [2.45, 2.75) is 0 Å². The summed E-state index contributed by atoms with van der Waals surface area (Å²) in [6.45, 7) is 0. The molecule has 1 amide bonds. The van der Waals surface area contributed by atoms with Crippen LogP contribution in [0.15, 0.2) is 48.5 Å². The minimum absolute atomic E-state index is 0.0907. The number of anilines is 1. The first kappa shape index (κ1) is 15.9. The van der Waals surface area contributed by atoms with Crippen LogP contribution in [-0.4, -0.2) is 22.1 Å². The Morgan fingerprint density at radius 2 is 1.68 bits per heavy atom. The zero-order chi connectivity index (χ0) is 16.1. The SMILES string of the molecule is O=C(O)c1ccc(NC(=S)NC(=O)c2ccccc2Cl)cc1. The van der Waals surface area contributed by atoms with Crippen LogP contribution in [0.2, 0.25) is 5.02 Å². The van der Waals surface area contributed by atoms with Gasteiger partial charge in [-0.05, 0) is 48.6 Å². The van der Waals surface area contributed by atoms with Crippen molar-refractivity contribution in [1.82, 2.24) is 5.32 Å². The van der Waals surface area contributed by atoms with Gasteiger partial charge < -0.3 is 10.4 Å². The second-order valence-corrected chi connectivity index (χ2v) is 5.09. The predicted molar refractivity (Wildman–Crippen MR) is 88.5 cm³/mol. The first-order valence-corrected chi connectivity index (χ1v) is 6.96. The molecule has 0 saturated carbocycles. The molecule has 2 rings (SSSR count). The van der Waals surface area contributed by atoms with Gasteiger partial charge in [0.15, 0.2) is 5.11 Å². The second kappa shape index (κ2) is 7.02. The monoisotopic (exact) mass is 334 g/mol. The molecule has 0 heterocycles. The molecular weight excluding hydrogens is 324 g/mol. The Morgan fingerprint density at radius 3 is 2.27 bits per heavy atom. The molecule has 7 heteroatoms. The summed E-state index contributed by atoms with van der Waals surface area (Å²) < 4.78 is 0. The number of hydrogen-bond acceptors (Lipinski definition) is 3. The smallest absolute Gasteiger partial charge is 0.335 e. The number of carboxylic acid groups (broad SMARTS) is 1. The number of amides is 1. The Morgan fingerprint density at radius 1 is 1.05 bits per heavy atom. The van der Waals surface area contributed by atoms with E-state index in [0.29, 0.717) is 16.3 Å². The van der Waals surface area contributed by atoms with Gasteiger partial charge in [0.25, 0.3) is 5.91 Å². The van der Waals surface area contributed by atoms with Crippen molar-refractivity contribution in [3.8, 4) is 0 Å². The summed E-state index contributed by atoms with van der Waals surface area (Å²) in [5, 5.41) is 14.5. The van der Waals surface area contributed by atoms with Crippen LogP contribution < -0.4 is 10.6 Å². The summed E-state index contributed by atoms with van der Waals surface area (Å²) in [5.74, 6) is -1.44. The fourth-order valence-electron chi connectivity index (χ4n) is 1.67. The van der Waals surface area contributed by atoms with E-state index in [1.54, 1.807) is 36.4 Å². The van der Waals surface area contributed by atoms with Crippen LogP contribution in [0.3, 0.4) is 0 Å². The molecule has 0 fully saturated rings. The van der Waals surface area contributed by atoms with Crippen molar-refractivity contribution < 1.29 is 14.7 Å². The first-order valence-electron chi connectivity index (χ1n) is 6.17. The highest BCUT2D eigenvalue weighted by molar-refractivity contribution is 7.80. The van der Waals surface area contributed by atoms with Crippen LogP contribution >= 0.6 is 23.8 Å². The average molecular weight is 335 g/mol. The molecule has 22 heavy (non-hydrogen) atoms. The normalized spacial score (nSPS) is 9.86. The molecule has 2 aromatic carbocycles. The lowest BCUT2D eigenvalue weighted by molar-refractivity contribution is 0.0696. The molecule has 2 aromatic rings. The molecule has 0 aromatic heterocycles. The zero-order valence-electron chi connectivity index (χ0n) is 11.2. The number of carbonyl (C=O) groups is 2. The summed E-state index contributed by atoms with van der Waals surface area (Å²) in [4.78, 5) is 22.8. The molecule has 0 aliphatic carbocycles. The van der Waals surface area contributed by atoms with Crippen LogP contribution in [0.4, 0.5) is 5.69 Å². The lowest BCUT2D eigenvalue weighted by Crippen LogP contribution is -2.34. The lowest BCUT2D eigenvalue weighted by Gasteiger charge is -2.10. The third-order valence-electron chi connectivity index (χ3n) is 2.74. The van der Waals surface area contributed by atoms with Crippen LogP contribution in [0, 0.1) is 0 Å². The average Bonchev–Trinajstić information content (AvgIpc) is 2.48. The largest absolute Gasteiger partial charge is 0.478 e. The van der Waals surface area contributed by atoms with Crippen LogP contribution in [0.1, 0.15) is 20.7 Å². The lowest BCUT2D eigenvalue weighted by atomic mass is 10.2. The zero-order valence-corrected chi connectivity index (χ0v) is 12.7. The van der Waals surface area contributed by atoms with E-state index in [9.17, 15) is 9.59 Å². The molecule has 0 radical (unpaired) electrons. The number of nitrogens with one attached hydrogen (secondary N) is 2. The minimum atomic E-state index is -1.01. The van der Waals surface area contributed by atoms with Crippen molar-refractivity contribution in [2.24, 2.45) is 0 Å². The van der Waals surface area contributed by atoms with Crippen LogP contribution in [-0.2, 0) is 0 Å². The van der Waals surface area contributed by atoms with Gasteiger partial charge in [0.2, 0.25) is 0 Å². The number of halogens is 1. The molecule has 0 saturated heterocycles. The van der Waals surface area contributed by atoms with Crippen molar-refractivity contribution >= 4 is 46.5 Å². The van der Waals surface area contributed by atoms with Crippen molar-refractivity contribution in [3.05, 3.63) is 64.7 Å². The predicted octanol–water partition coefficient (Wildman–Crippen LogP) is 3.17. The summed E-state index contributed by atoms with van der Waals surface area (Å²) in [6.07, 6.45) is 0. The van der Waals surface area contributed by atoms with E-state index in [2.05, 4.69) is 10.6 Å². The molecule has 3 N–H and O–H groups in total. The number of aromatic carboxylic acids is 1. The van der Waals surface area contributed by atoms with E-state index < -0.39 is 11.9 Å². The highest BCUT2D eigenvalue weighted by Crippen LogP contribution is 2.15.